The molecule has 0 unspecified atom stereocenters. The van der Waals surface area contributed by atoms with Gasteiger partial charge in [-0.2, -0.15) is 0 Å². The number of para-hydroxylation sites is 1. The highest BCUT2D eigenvalue weighted by Crippen LogP contribution is 2.28. The first kappa shape index (κ1) is 23.8. The number of nitrogens with one attached hydrogen (secondary N) is 1. The lowest BCUT2D eigenvalue weighted by Gasteiger charge is -2.19. The molecule has 0 aliphatic carbocycles. The second kappa shape index (κ2) is 9.71. The molecule has 0 bridgehead atoms. The number of amides is 2. The van der Waals surface area contributed by atoms with Crippen LogP contribution < -0.4 is 15.9 Å². The second-order valence-electron chi connectivity index (χ2n) is 8.79. The average Bonchev–Trinajstić information content (AvgIpc) is 3.59. The minimum atomic E-state index is -0.494. The molecule has 0 radical (unpaired) electrons. The summed E-state index contributed by atoms with van der Waals surface area (Å²) in [6.07, 6.45) is 3.11. The molecule has 1 aliphatic heterocycles. The van der Waals surface area contributed by atoms with Crippen LogP contribution in [-0.2, 0) is 4.79 Å². The third-order valence-electron chi connectivity index (χ3n) is 6.26. The third kappa shape index (κ3) is 4.42. The maximum absolute atomic E-state index is 13.4. The smallest absolute Gasteiger partial charge is 0.282 e. The van der Waals surface area contributed by atoms with Crippen LogP contribution in [0.3, 0.4) is 0 Å². The Balaban J connectivity index is 1.31. The summed E-state index contributed by atoms with van der Waals surface area (Å²) in [6.45, 7) is 1.65. The van der Waals surface area contributed by atoms with Gasteiger partial charge >= 0.3 is 0 Å². The summed E-state index contributed by atoms with van der Waals surface area (Å²) in [5.41, 5.74) is 4.63. The average molecular weight is 516 g/mol. The Labute approximate surface area is 222 Å². The summed E-state index contributed by atoms with van der Waals surface area (Å²) < 4.78 is 6.50. The highest BCUT2D eigenvalue weighted by atomic mass is 16.3. The van der Waals surface area contributed by atoms with Crippen LogP contribution in [0.1, 0.15) is 27.5 Å². The van der Waals surface area contributed by atoms with Gasteiger partial charge in [-0.05, 0) is 55.5 Å². The van der Waals surface area contributed by atoms with Crippen molar-refractivity contribution in [2.45, 2.75) is 6.92 Å². The van der Waals surface area contributed by atoms with Crippen molar-refractivity contribution in [3.8, 4) is 0 Å². The fourth-order valence-electron chi connectivity index (χ4n) is 4.35. The Morgan fingerprint density at radius 3 is 2.38 bits per heavy atom. The SMILES string of the molecule is Cc1nc2ccccc2c(=O)n1NC(=O)c1ccc(N2C(=O)/C(=C/c3ccco3)N=C2c2ccccc2)cc1. The zero-order chi connectivity index (χ0) is 26.9. The van der Waals surface area contributed by atoms with E-state index in [9.17, 15) is 14.4 Å². The van der Waals surface area contributed by atoms with Crippen LogP contribution in [0.25, 0.3) is 17.0 Å². The lowest BCUT2D eigenvalue weighted by Crippen LogP contribution is -2.35. The van der Waals surface area contributed by atoms with Crippen molar-refractivity contribution >= 4 is 40.3 Å². The Morgan fingerprint density at radius 1 is 0.897 bits per heavy atom. The number of carbonyl (C=O) groups excluding carboxylic acids is 2. The molecule has 0 fully saturated rings. The van der Waals surface area contributed by atoms with E-state index in [1.54, 1.807) is 73.7 Å². The molecule has 1 aliphatic rings. The molecule has 5 aromatic rings. The van der Waals surface area contributed by atoms with Gasteiger partial charge in [0.2, 0.25) is 0 Å². The van der Waals surface area contributed by atoms with Gasteiger partial charge in [-0.1, -0.05) is 42.5 Å². The molecule has 0 atom stereocenters. The van der Waals surface area contributed by atoms with Crippen molar-refractivity contribution < 1.29 is 14.0 Å². The quantitative estimate of drug-likeness (QED) is 0.346. The van der Waals surface area contributed by atoms with E-state index in [-0.39, 0.29) is 17.2 Å². The zero-order valence-electron chi connectivity index (χ0n) is 20.7. The molecule has 2 aromatic heterocycles. The van der Waals surface area contributed by atoms with Crippen LogP contribution in [0, 0.1) is 6.92 Å². The van der Waals surface area contributed by atoms with Crippen molar-refractivity contribution in [1.29, 1.82) is 0 Å². The van der Waals surface area contributed by atoms with Crippen LogP contribution in [-0.4, -0.2) is 27.3 Å². The van der Waals surface area contributed by atoms with Gasteiger partial charge in [-0.15, -0.1) is 0 Å². The summed E-state index contributed by atoms with van der Waals surface area (Å²) in [6, 6.07) is 26.3. The molecule has 3 aromatic carbocycles. The standard InChI is InChI=1S/C30H21N5O4/c1-19-31-25-12-6-5-11-24(25)29(37)35(19)33-28(36)21-13-15-22(16-14-21)34-27(20-8-3-2-4-9-20)32-26(30(34)38)18-23-10-7-17-39-23/h2-18H,1H3,(H,33,36)/b26-18-. The van der Waals surface area contributed by atoms with E-state index < -0.39 is 5.91 Å². The Morgan fingerprint density at radius 2 is 1.64 bits per heavy atom. The second-order valence-corrected chi connectivity index (χ2v) is 8.79. The molecule has 6 rings (SSSR count). The molecule has 0 saturated heterocycles. The van der Waals surface area contributed by atoms with Gasteiger partial charge in [0, 0.05) is 17.2 Å². The van der Waals surface area contributed by atoms with Crippen molar-refractivity contribution in [2.24, 2.45) is 4.99 Å². The van der Waals surface area contributed by atoms with Crippen LogP contribution >= 0.6 is 0 Å². The molecule has 9 nitrogen and oxygen atoms in total. The summed E-state index contributed by atoms with van der Waals surface area (Å²) >= 11 is 0. The Bertz CT molecular complexity index is 1840. The lowest BCUT2D eigenvalue weighted by molar-refractivity contribution is -0.113. The molecule has 0 spiro atoms. The highest BCUT2D eigenvalue weighted by Gasteiger charge is 2.32. The number of aliphatic imine (C=N–C) groups is 1. The van der Waals surface area contributed by atoms with Crippen molar-refractivity contribution in [2.75, 3.05) is 10.3 Å². The number of nitrogens with zero attached hydrogens (tertiary/aromatic N) is 4. The molecular weight excluding hydrogens is 494 g/mol. The molecular formula is C30H21N5O4. The number of furan rings is 1. The Kier molecular flexibility index (Phi) is 5.93. The maximum atomic E-state index is 13.4. The number of hydrogen-bond acceptors (Lipinski definition) is 6. The van der Waals surface area contributed by atoms with E-state index in [4.69, 9.17) is 4.42 Å². The number of hydrogen-bond donors (Lipinski definition) is 1. The minimum Gasteiger partial charge on any atom is -0.465 e. The fourth-order valence-corrected chi connectivity index (χ4v) is 4.35. The van der Waals surface area contributed by atoms with Gasteiger partial charge in [-0.3, -0.25) is 24.7 Å². The van der Waals surface area contributed by atoms with Gasteiger partial charge < -0.3 is 4.42 Å². The molecule has 39 heavy (non-hydrogen) atoms. The predicted molar refractivity (Wildman–Crippen MR) is 148 cm³/mol. The predicted octanol–water partition coefficient (Wildman–Crippen LogP) is 4.52. The number of aromatic nitrogens is 2. The van der Waals surface area contributed by atoms with Crippen LogP contribution in [0.5, 0.6) is 0 Å². The summed E-state index contributed by atoms with van der Waals surface area (Å²) in [7, 11) is 0. The van der Waals surface area contributed by atoms with Crippen molar-refractivity contribution in [3.63, 3.8) is 0 Å². The first-order valence-corrected chi connectivity index (χ1v) is 12.1. The normalized spacial score (nSPS) is 14.2. The molecule has 190 valence electrons. The van der Waals surface area contributed by atoms with E-state index in [0.29, 0.717) is 39.6 Å². The first-order chi connectivity index (χ1) is 19.0. The number of rotatable bonds is 5. The van der Waals surface area contributed by atoms with Crippen LogP contribution in [0.15, 0.2) is 117 Å². The third-order valence-corrected chi connectivity index (χ3v) is 6.26. The lowest BCUT2D eigenvalue weighted by atomic mass is 10.1. The van der Waals surface area contributed by atoms with E-state index in [1.807, 2.05) is 30.3 Å². The van der Waals surface area contributed by atoms with E-state index in [0.717, 1.165) is 10.2 Å². The molecule has 1 N–H and O–H groups in total. The molecule has 2 amide bonds. The summed E-state index contributed by atoms with van der Waals surface area (Å²) in [5.74, 6) is 0.502. The molecule has 3 heterocycles. The number of anilines is 1. The summed E-state index contributed by atoms with van der Waals surface area (Å²) in [5, 5.41) is 0.400. The molecule has 0 saturated carbocycles. The van der Waals surface area contributed by atoms with E-state index in [1.165, 1.54) is 11.2 Å². The van der Waals surface area contributed by atoms with Gasteiger partial charge in [0.1, 0.15) is 23.1 Å². The van der Waals surface area contributed by atoms with Crippen LogP contribution in [0.4, 0.5) is 5.69 Å². The number of aryl methyl sites for hydroxylation is 1. The Hall–Kier alpha value is -5.57. The van der Waals surface area contributed by atoms with E-state index >= 15 is 0 Å². The first-order valence-electron chi connectivity index (χ1n) is 12.1. The number of amidine groups is 1. The monoisotopic (exact) mass is 515 g/mol. The van der Waals surface area contributed by atoms with Crippen molar-refractivity contribution in [1.82, 2.24) is 9.66 Å². The van der Waals surface area contributed by atoms with E-state index in [2.05, 4.69) is 15.4 Å². The summed E-state index contributed by atoms with van der Waals surface area (Å²) in [4.78, 5) is 49.9. The van der Waals surface area contributed by atoms with Crippen molar-refractivity contribution in [3.05, 3.63) is 136 Å². The minimum absolute atomic E-state index is 0.226. The number of benzene rings is 3. The van der Waals surface area contributed by atoms with Gasteiger partial charge in [0.25, 0.3) is 17.4 Å². The van der Waals surface area contributed by atoms with Gasteiger partial charge in [0.05, 0.1) is 22.9 Å². The maximum Gasteiger partial charge on any atom is 0.282 e. The number of carbonyl (C=O) groups is 2. The number of fused-ring (bicyclic) bond motifs is 1. The van der Waals surface area contributed by atoms with Gasteiger partial charge in [0.15, 0.2) is 0 Å². The van der Waals surface area contributed by atoms with Crippen LogP contribution in [0.2, 0.25) is 0 Å². The largest absolute Gasteiger partial charge is 0.465 e. The van der Waals surface area contributed by atoms with Gasteiger partial charge in [-0.25, -0.2) is 14.7 Å². The highest BCUT2D eigenvalue weighted by molar-refractivity contribution is 6.33. The topological polar surface area (TPSA) is 110 Å². The molecule has 9 heteroatoms. The zero-order valence-corrected chi connectivity index (χ0v) is 20.7. The fraction of sp³-hybridized carbons (Fsp3) is 0.0333.